The summed E-state index contributed by atoms with van der Waals surface area (Å²) in [4.78, 5) is 0. The van der Waals surface area contributed by atoms with Crippen molar-refractivity contribution in [2.24, 2.45) is 5.73 Å². The van der Waals surface area contributed by atoms with Crippen molar-refractivity contribution in [3.63, 3.8) is 0 Å². The molecule has 13 heavy (non-hydrogen) atoms. The zero-order chi connectivity index (χ0) is 9.84. The lowest BCUT2D eigenvalue weighted by molar-refractivity contribution is 0.563. The molecule has 2 nitrogen and oxygen atoms in total. The van der Waals surface area contributed by atoms with Crippen LogP contribution in [-0.4, -0.2) is 9.04 Å². The van der Waals surface area contributed by atoms with Gasteiger partial charge in [0.25, 0.3) is 9.04 Å². The Bertz CT molecular complexity index is 273. The molecular weight excluding hydrogens is 178 g/mol. The van der Waals surface area contributed by atoms with Crippen molar-refractivity contribution in [1.82, 2.24) is 0 Å². The number of benzene rings is 1. The van der Waals surface area contributed by atoms with Crippen LogP contribution < -0.4 is 10.2 Å². The Kier molecular flexibility index (Phi) is 3.51. The summed E-state index contributed by atoms with van der Waals surface area (Å²) in [5.74, 6) is 0.941. The third kappa shape index (κ3) is 2.86. The third-order valence-corrected chi connectivity index (χ3v) is 2.35. The van der Waals surface area contributed by atoms with Crippen LogP contribution in [0.15, 0.2) is 24.3 Å². The van der Waals surface area contributed by atoms with Crippen LogP contribution in [0.3, 0.4) is 0 Å². The summed E-state index contributed by atoms with van der Waals surface area (Å²) < 4.78 is 5.73. The van der Waals surface area contributed by atoms with E-state index in [2.05, 4.69) is 13.1 Å². The van der Waals surface area contributed by atoms with E-state index in [1.165, 1.54) is 0 Å². The summed E-state index contributed by atoms with van der Waals surface area (Å²) in [6.45, 7) is 6.20. The zero-order valence-electron chi connectivity index (χ0n) is 8.37. The first kappa shape index (κ1) is 10.3. The second kappa shape index (κ2) is 4.44. The molecule has 0 bridgehead atoms. The maximum Gasteiger partial charge on any atom is 0.274 e. The van der Waals surface area contributed by atoms with E-state index in [4.69, 9.17) is 10.2 Å². The van der Waals surface area contributed by atoms with Gasteiger partial charge in [0.1, 0.15) is 5.75 Å². The van der Waals surface area contributed by atoms with Crippen LogP contribution in [-0.2, 0) is 0 Å². The summed E-state index contributed by atoms with van der Waals surface area (Å²) in [5.41, 5.74) is 6.91. The van der Waals surface area contributed by atoms with Crippen molar-refractivity contribution in [2.75, 3.05) is 0 Å². The van der Waals surface area contributed by atoms with Crippen LogP contribution in [0, 0.1) is 0 Å². The predicted molar refractivity (Wildman–Crippen MR) is 57.2 cm³/mol. The fraction of sp³-hybridized carbons (Fsp3) is 0.400. The molecule has 0 aliphatic rings. The first-order valence-corrected chi connectivity index (χ1v) is 6.84. The lowest BCUT2D eigenvalue weighted by Gasteiger charge is -2.15. The van der Waals surface area contributed by atoms with Crippen LogP contribution in [0.25, 0.3) is 0 Å². The standard InChI is InChI=1S/C10H16NOSi/c1-8(11)9-6-4-5-7-10(9)12-13(2)3/h4-8H,11H2,1-3H3. The highest BCUT2D eigenvalue weighted by Crippen LogP contribution is 2.23. The van der Waals surface area contributed by atoms with E-state index in [1.54, 1.807) is 0 Å². The van der Waals surface area contributed by atoms with Gasteiger partial charge in [0.15, 0.2) is 0 Å². The van der Waals surface area contributed by atoms with Gasteiger partial charge in [-0.05, 0) is 26.1 Å². The second-order valence-electron chi connectivity index (χ2n) is 3.34. The molecule has 0 heterocycles. The molecule has 1 atom stereocenters. The molecule has 0 aromatic heterocycles. The van der Waals surface area contributed by atoms with Gasteiger partial charge in [-0.3, -0.25) is 0 Å². The lowest BCUT2D eigenvalue weighted by Crippen LogP contribution is -2.15. The molecule has 1 rings (SSSR count). The summed E-state index contributed by atoms with van der Waals surface area (Å²) in [5, 5.41) is 0. The summed E-state index contributed by atoms with van der Waals surface area (Å²) in [6.07, 6.45) is 0. The molecule has 0 spiro atoms. The maximum absolute atomic E-state index is 5.82. The molecular formula is C10H16NOSi. The van der Waals surface area contributed by atoms with Crippen molar-refractivity contribution in [2.45, 2.75) is 26.1 Å². The smallest absolute Gasteiger partial charge is 0.274 e. The predicted octanol–water partition coefficient (Wildman–Crippen LogP) is 2.34. The van der Waals surface area contributed by atoms with Crippen LogP contribution >= 0.6 is 0 Å². The minimum atomic E-state index is -0.698. The van der Waals surface area contributed by atoms with Gasteiger partial charge in [0.2, 0.25) is 0 Å². The Morgan fingerprint density at radius 1 is 1.31 bits per heavy atom. The highest BCUT2D eigenvalue weighted by atomic mass is 28.3. The second-order valence-corrected chi connectivity index (χ2v) is 5.36. The molecule has 1 aromatic rings. The number of nitrogens with two attached hydrogens (primary N) is 1. The summed E-state index contributed by atoms with van der Waals surface area (Å²) in [7, 11) is -0.698. The molecule has 71 valence electrons. The normalized spacial score (nSPS) is 13.0. The molecule has 0 saturated carbocycles. The average molecular weight is 194 g/mol. The lowest BCUT2D eigenvalue weighted by atomic mass is 10.1. The monoisotopic (exact) mass is 194 g/mol. The highest BCUT2D eigenvalue weighted by molar-refractivity contribution is 6.49. The first-order valence-electron chi connectivity index (χ1n) is 4.43. The molecule has 3 heteroatoms. The molecule has 0 aliphatic heterocycles. The van der Waals surface area contributed by atoms with Crippen LogP contribution in [0.4, 0.5) is 0 Å². The Hall–Kier alpha value is -0.803. The molecule has 0 amide bonds. The topological polar surface area (TPSA) is 35.2 Å². The van der Waals surface area contributed by atoms with Crippen molar-refractivity contribution in [3.8, 4) is 5.75 Å². The van der Waals surface area contributed by atoms with Crippen LogP contribution in [0.2, 0.25) is 13.1 Å². The highest BCUT2D eigenvalue weighted by Gasteiger charge is 2.08. The molecule has 0 saturated heterocycles. The zero-order valence-corrected chi connectivity index (χ0v) is 9.37. The fourth-order valence-electron chi connectivity index (χ4n) is 1.17. The van der Waals surface area contributed by atoms with E-state index in [0.29, 0.717) is 0 Å². The molecule has 0 fully saturated rings. The van der Waals surface area contributed by atoms with Gasteiger partial charge in [0, 0.05) is 11.6 Å². The van der Waals surface area contributed by atoms with Gasteiger partial charge in [-0.2, -0.15) is 0 Å². The van der Waals surface area contributed by atoms with Crippen molar-refractivity contribution < 1.29 is 4.43 Å². The van der Waals surface area contributed by atoms with E-state index in [-0.39, 0.29) is 6.04 Å². The number of hydrogen-bond acceptors (Lipinski definition) is 2. The van der Waals surface area contributed by atoms with E-state index >= 15 is 0 Å². The van der Waals surface area contributed by atoms with Gasteiger partial charge in [-0.15, -0.1) is 0 Å². The fourth-order valence-corrected chi connectivity index (χ4v) is 1.80. The Morgan fingerprint density at radius 2 is 1.92 bits per heavy atom. The SMILES string of the molecule is CC(N)c1ccccc1O[Si](C)C. The van der Waals surface area contributed by atoms with E-state index in [1.807, 2.05) is 31.2 Å². The van der Waals surface area contributed by atoms with Crippen molar-refractivity contribution in [3.05, 3.63) is 29.8 Å². The third-order valence-electron chi connectivity index (χ3n) is 1.72. The molecule has 1 radical (unpaired) electrons. The van der Waals surface area contributed by atoms with Gasteiger partial charge < -0.3 is 10.2 Å². The minimum absolute atomic E-state index is 0.0394. The van der Waals surface area contributed by atoms with Gasteiger partial charge in [-0.25, -0.2) is 0 Å². The van der Waals surface area contributed by atoms with Crippen molar-refractivity contribution in [1.29, 1.82) is 0 Å². The van der Waals surface area contributed by atoms with E-state index in [9.17, 15) is 0 Å². The average Bonchev–Trinajstić information content (AvgIpc) is 2.03. The van der Waals surface area contributed by atoms with Crippen molar-refractivity contribution >= 4 is 9.04 Å². The minimum Gasteiger partial charge on any atom is -0.542 e. The van der Waals surface area contributed by atoms with Gasteiger partial charge in [0.05, 0.1) is 0 Å². The van der Waals surface area contributed by atoms with E-state index < -0.39 is 9.04 Å². The molecule has 0 aliphatic carbocycles. The maximum atomic E-state index is 5.82. The summed E-state index contributed by atoms with van der Waals surface area (Å²) in [6, 6.07) is 8.01. The quantitative estimate of drug-likeness (QED) is 0.750. The Labute approximate surface area is 81.4 Å². The number of para-hydroxylation sites is 1. The Balaban J connectivity index is 2.91. The molecule has 1 aromatic carbocycles. The largest absolute Gasteiger partial charge is 0.542 e. The number of hydrogen-bond donors (Lipinski definition) is 1. The van der Waals surface area contributed by atoms with E-state index in [0.717, 1.165) is 11.3 Å². The molecule has 1 unspecified atom stereocenters. The number of rotatable bonds is 3. The first-order chi connectivity index (χ1) is 6.11. The Morgan fingerprint density at radius 3 is 2.46 bits per heavy atom. The molecule has 2 N–H and O–H groups in total. The van der Waals surface area contributed by atoms with Crippen LogP contribution in [0.5, 0.6) is 5.75 Å². The summed E-state index contributed by atoms with van der Waals surface area (Å²) >= 11 is 0. The van der Waals surface area contributed by atoms with Gasteiger partial charge in [-0.1, -0.05) is 18.2 Å². The van der Waals surface area contributed by atoms with Gasteiger partial charge >= 0.3 is 0 Å². The van der Waals surface area contributed by atoms with Crippen LogP contribution in [0.1, 0.15) is 18.5 Å².